The van der Waals surface area contributed by atoms with Crippen LogP contribution in [0, 0.1) is 0 Å². The Labute approximate surface area is 97.7 Å². The van der Waals surface area contributed by atoms with E-state index >= 15 is 0 Å². The molecule has 0 rings (SSSR count). The minimum Gasteiger partial charge on any atom is -0.313 e. The third kappa shape index (κ3) is 9.74. The Kier molecular flexibility index (Phi) is 21.1. The average molecular weight is 213 g/mol. The number of hydrogen-bond donors (Lipinski definition) is 1. The van der Waals surface area contributed by atoms with Crippen molar-refractivity contribution in [2.24, 2.45) is 0 Å². The van der Waals surface area contributed by atoms with E-state index < -0.39 is 0 Å². The highest BCUT2D eigenvalue weighted by molar-refractivity contribution is 5.24. The lowest BCUT2D eigenvalue weighted by Crippen LogP contribution is -2.25. The summed E-state index contributed by atoms with van der Waals surface area (Å²) in [6.07, 6.45) is 3.04. The van der Waals surface area contributed by atoms with Gasteiger partial charge in [0.25, 0.3) is 0 Å². The Bertz CT molecular complexity index is 153. The standard InChI is InChI=1S/C10H19N.2C2H6/c1-6-8(3)9(4)10(7-2)11-5;2*1-2/h6,10-11H,1,7H2,2-5H3;2*1-2H3/b9-8+;;. The molecule has 0 spiro atoms. The summed E-state index contributed by atoms with van der Waals surface area (Å²) < 4.78 is 0. The molecule has 92 valence electrons. The summed E-state index contributed by atoms with van der Waals surface area (Å²) in [5, 5.41) is 3.26. The molecule has 1 nitrogen and oxygen atoms in total. The van der Waals surface area contributed by atoms with Crippen LogP contribution in [0.3, 0.4) is 0 Å². The fourth-order valence-electron chi connectivity index (χ4n) is 1.16. The highest BCUT2D eigenvalue weighted by Crippen LogP contribution is 2.11. The van der Waals surface area contributed by atoms with E-state index in [9.17, 15) is 0 Å². The normalized spacial score (nSPS) is 12.3. The predicted octanol–water partition coefficient (Wildman–Crippen LogP) is 4.56. The molecule has 1 atom stereocenters. The Balaban J connectivity index is -0.000000318. The first-order valence-electron chi connectivity index (χ1n) is 6.14. The molecule has 0 aromatic heterocycles. The van der Waals surface area contributed by atoms with Crippen molar-refractivity contribution in [3.63, 3.8) is 0 Å². The summed E-state index contributed by atoms with van der Waals surface area (Å²) in [6, 6.07) is 0.507. The SMILES string of the molecule is C=C/C(C)=C(\C)C(CC)NC.CC.CC. The lowest BCUT2D eigenvalue weighted by Gasteiger charge is -2.16. The van der Waals surface area contributed by atoms with Gasteiger partial charge in [0.05, 0.1) is 0 Å². The molecule has 0 amide bonds. The molecule has 15 heavy (non-hydrogen) atoms. The molecule has 0 bridgehead atoms. The van der Waals surface area contributed by atoms with Crippen LogP contribution in [0.2, 0.25) is 0 Å². The van der Waals surface area contributed by atoms with Crippen LogP contribution in [0.1, 0.15) is 54.9 Å². The van der Waals surface area contributed by atoms with Gasteiger partial charge >= 0.3 is 0 Å². The largest absolute Gasteiger partial charge is 0.313 e. The topological polar surface area (TPSA) is 12.0 Å². The fraction of sp³-hybridized carbons (Fsp3) is 0.714. The zero-order chi connectivity index (χ0) is 12.9. The van der Waals surface area contributed by atoms with Crippen LogP contribution in [-0.4, -0.2) is 13.1 Å². The van der Waals surface area contributed by atoms with Gasteiger partial charge in [0.15, 0.2) is 0 Å². The van der Waals surface area contributed by atoms with Crippen LogP contribution in [-0.2, 0) is 0 Å². The van der Waals surface area contributed by atoms with Crippen molar-refractivity contribution in [1.82, 2.24) is 5.32 Å². The summed E-state index contributed by atoms with van der Waals surface area (Å²) >= 11 is 0. The lowest BCUT2D eigenvalue weighted by atomic mass is 10.0. The molecule has 0 heterocycles. The lowest BCUT2D eigenvalue weighted by molar-refractivity contribution is 0.613. The van der Waals surface area contributed by atoms with Crippen molar-refractivity contribution in [2.45, 2.75) is 60.9 Å². The van der Waals surface area contributed by atoms with E-state index in [1.165, 1.54) is 11.1 Å². The molecule has 0 aliphatic carbocycles. The van der Waals surface area contributed by atoms with Gasteiger partial charge in [-0.2, -0.15) is 0 Å². The number of likely N-dealkylation sites (N-methyl/N-ethyl adjacent to an activating group) is 1. The maximum atomic E-state index is 3.75. The van der Waals surface area contributed by atoms with Crippen LogP contribution in [0.4, 0.5) is 0 Å². The molecular weight excluding hydrogens is 182 g/mol. The smallest absolute Gasteiger partial charge is 0.0276 e. The maximum absolute atomic E-state index is 3.75. The molecule has 0 fully saturated rings. The maximum Gasteiger partial charge on any atom is 0.0276 e. The third-order valence-electron chi connectivity index (χ3n) is 2.21. The number of rotatable bonds is 4. The van der Waals surface area contributed by atoms with E-state index in [-0.39, 0.29) is 0 Å². The van der Waals surface area contributed by atoms with Gasteiger partial charge in [-0.25, -0.2) is 0 Å². The summed E-state index contributed by atoms with van der Waals surface area (Å²) in [5.74, 6) is 0. The second-order valence-corrected chi connectivity index (χ2v) is 2.82. The molecule has 0 aromatic rings. The molecule has 0 saturated heterocycles. The summed E-state index contributed by atoms with van der Waals surface area (Å²) in [4.78, 5) is 0. The van der Waals surface area contributed by atoms with E-state index in [0.29, 0.717) is 6.04 Å². The number of hydrogen-bond acceptors (Lipinski definition) is 1. The summed E-state index contributed by atoms with van der Waals surface area (Å²) in [5.41, 5.74) is 2.68. The molecule has 0 saturated carbocycles. The number of allylic oxidation sites excluding steroid dienone is 2. The highest BCUT2D eigenvalue weighted by atomic mass is 14.9. The van der Waals surface area contributed by atoms with Crippen molar-refractivity contribution in [2.75, 3.05) is 7.05 Å². The Morgan fingerprint density at radius 2 is 1.60 bits per heavy atom. The molecule has 0 aliphatic rings. The Morgan fingerprint density at radius 1 is 1.20 bits per heavy atom. The molecule has 1 N–H and O–H groups in total. The number of nitrogens with one attached hydrogen (secondary N) is 1. The Morgan fingerprint density at radius 3 is 1.80 bits per heavy atom. The van der Waals surface area contributed by atoms with E-state index in [2.05, 4.69) is 32.7 Å². The van der Waals surface area contributed by atoms with Gasteiger partial charge in [-0.05, 0) is 27.3 Å². The minimum absolute atomic E-state index is 0.507. The average Bonchev–Trinajstić information content (AvgIpc) is 2.34. The van der Waals surface area contributed by atoms with Crippen molar-refractivity contribution >= 4 is 0 Å². The second-order valence-electron chi connectivity index (χ2n) is 2.82. The van der Waals surface area contributed by atoms with Gasteiger partial charge in [-0.3, -0.25) is 0 Å². The third-order valence-corrected chi connectivity index (χ3v) is 2.21. The summed E-state index contributed by atoms with van der Waals surface area (Å²) in [7, 11) is 1.99. The van der Waals surface area contributed by atoms with Gasteiger partial charge in [0.2, 0.25) is 0 Å². The second kappa shape index (κ2) is 15.9. The molecule has 1 heteroatoms. The van der Waals surface area contributed by atoms with Crippen LogP contribution in [0.15, 0.2) is 23.8 Å². The van der Waals surface area contributed by atoms with Crippen molar-refractivity contribution < 1.29 is 0 Å². The van der Waals surface area contributed by atoms with E-state index in [1.807, 2.05) is 40.8 Å². The summed E-state index contributed by atoms with van der Waals surface area (Å²) in [6.45, 7) is 18.2. The molecule has 0 aliphatic heterocycles. The predicted molar refractivity (Wildman–Crippen MR) is 74.4 cm³/mol. The van der Waals surface area contributed by atoms with Crippen molar-refractivity contribution in [3.05, 3.63) is 23.8 Å². The quantitative estimate of drug-likeness (QED) is 0.675. The monoisotopic (exact) mass is 213 g/mol. The van der Waals surface area contributed by atoms with Gasteiger partial charge in [0, 0.05) is 6.04 Å². The minimum atomic E-state index is 0.507. The molecular formula is C14H31N. The molecule has 1 unspecified atom stereocenters. The van der Waals surface area contributed by atoms with Gasteiger partial charge in [-0.15, -0.1) is 0 Å². The van der Waals surface area contributed by atoms with Gasteiger partial charge in [-0.1, -0.05) is 58.4 Å². The van der Waals surface area contributed by atoms with Crippen molar-refractivity contribution in [3.8, 4) is 0 Å². The van der Waals surface area contributed by atoms with E-state index in [1.54, 1.807) is 0 Å². The first-order valence-corrected chi connectivity index (χ1v) is 6.14. The zero-order valence-corrected chi connectivity index (χ0v) is 12.1. The van der Waals surface area contributed by atoms with Crippen LogP contribution in [0.5, 0.6) is 0 Å². The zero-order valence-electron chi connectivity index (χ0n) is 12.1. The Hall–Kier alpha value is -0.560. The van der Waals surface area contributed by atoms with Gasteiger partial charge < -0.3 is 5.32 Å². The van der Waals surface area contributed by atoms with Crippen molar-refractivity contribution in [1.29, 1.82) is 0 Å². The van der Waals surface area contributed by atoms with Crippen LogP contribution >= 0.6 is 0 Å². The van der Waals surface area contributed by atoms with E-state index in [4.69, 9.17) is 0 Å². The first kappa shape index (κ1) is 19.9. The van der Waals surface area contributed by atoms with Gasteiger partial charge in [0.1, 0.15) is 0 Å². The first-order chi connectivity index (χ1) is 7.17. The highest BCUT2D eigenvalue weighted by Gasteiger charge is 2.05. The molecule has 0 aromatic carbocycles. The van der Waals surface area contributed by atoms with E-state index in [0.717, 1.165) is 6.42 Å². The molecule has 0 radical (unpaired) electrons. The van der Waals surface area contributed by atoms with Crippen LogP contribution in [0.25, 0.3) is 0 Å². The van der Waals surface area contributed by atoms with Crippen LogP contribution < -0.4 is 5.32 Å². The fourth-order valence-corrected chi connectivity index (χ4v) is 1.16.